The van der Waals surface area contributed by atoms with Crippen molar-refractivity contribution in [2.45, 2.75) is 32.6 Å². The predicted octanol–water partition coefficient (Wildman–Crippen LogP) is 0.618. The molecule has 19 heavy (non-hydrogen) atoms. The van der Waals surface area contributed by atoms with Gasteiger partial charge in [-0.2, -0.15) is 13.2 Å². The van der Waals surface area contributed by atoms with E-state index in [0.717, 1.165) is 4.57 Å². The van der Waals surface area contributed by atoms with Crippen molar-refractivity contribution in [1.82, 2.24) is 19.7 Å². The van der Waals surface area contributed by atoms with Crippen LogP contribution in [-0.4, -0.2) is 37.9 Å². The number of Topliss-reactive ketones (excluding diaryl/α,β-unsaturated/α-hetero) is 1. The Labute approximate surface area is 106 Å². The Bertz CT molecular complexity index is 523. The smallest absolute Gasteiger partial charge is 0.333 e. The Morgan fingerprint density at radius 3 is 2.53 bits per heavy atom. The number of carbonyl (C=O) groups is 2. The molecule has 0 saturated heterocycles. The van der Waals surface area contributed by atoms with Gasteiger partial charge >= 0.3 is 6.18 Å². The van der Waals surface area contributed by atoms with E-state index in [0.29, 0.717) is 0 Å². The van der Waals surface area contributed by atoms with Gasteiger partial charge in [0.05, 0.1) is 13.0 Å². The molecule has 0 unspecified atom stereocenters. The Kier molecular flexibility index (Phi) is 3.29. The number of fused-ring (bicyclic) bond motifs is 1. The summed E-state index contributed by atoms with van der Waals surface area (Å²) in [6.07, 6.45) is -4.81. The zero-order valence-corrected chi connectivity index (χ0v) is 10.1. The minimum Gasteiger partial charge on any atom is -0.333 e. The van der Waals surface area contributed by atoms with Gasteiger partial charge in [0.25, 0.3) is 0 Å². The van der Waals surface area contributed by atoms with Crippen LogP contribution in [0, 0.1) is 0 Å². The van der Waals surface area contributed by atoms with Crippen LogP contribution in [0.1, 0.15) is 25.0 Å². The van der Waals surface area contributed by atoms with Crippen molar-refractivity contribution in [1.29, 1.82) is 0 Å². The molecule has 1 aliphatic heterocycles. The first kappa shape index (κ1) is 13.5. The minimum atomic E-state index is -4.56. The quantitative estimate of drug-likeness (QED) is 0.742. The number of hydrogen-bond donors (Lipinski definition) is 0. The molecule has 1 aliphatic rings. The second-order valence-corrected chi connectivity index (χ2v) is 4.28. The van der Waals surface area contributed by atoms with E-state index >= 15 is 0 Å². The first-order valence-corrected chi connectivity index (χ1v) is 5.55. The molecule has 1 aromatic rings. The summed E-state index contributed by atoms with van der Waals surface area (Å²) in [4.78, 5) is 23.8. The molecule has 0 atom stereocenters. The Morgan fingerprint density at radius 1 is 1.26 bits per heavy atom. The van der Waals surface area contributed by atoms with Crippen molar-refractivity contribution in [2.75, 3.05) is 6.54 Å². The maximum absolute atomic E-state index is 12.6. The summed E-state index contributed by atoms with van der Waals surface area (Å²) in [6.45, 7) is 1.31. The molecule has 9 heteroatoms. The van der Waals surface area contributed by atoms with E-state index in [9.17, 15) is 22.8 Å². The second kappa shape index (κ2) is 4.63. The van der Waals surface area contributed by atoms with Crippen LogP contribution in [0.15, 0.2) is 0 Å². The monoisotopic (exact) mass is 276 g/mol. The van der Waals surface area contributed by atoms with E-state index < -0.39 is 17.9 Å². The van der Waals surface area contributed by atoms with E-state index in [2.05, 4.69) is 10.2 Å². The summed E-state index contributed by atoms with van der Waals surface area (Å²) in [5.74, 6) is -1.67. The molecular formula is C10H11F3N4O2. The molecule has 0 N–H and O–H groups in total. The normalized spacial score (nSPS) is 15.3. The Morgan fingerprint density at radius 2 is 1.95 bits per heavy atom. The van der Waals surface area contributed by atoms with Crippen LogP contribution >= 0.6 is 0 Å². The SMILES string of the molecule is CC(=O)CC(=O)N1CCn2c(nnc2C(F)(F)F)C1. The number of rotatable bonds is 2. The lowest BCUT2D eigenvalue weighted by Gasteiger charge is -2.27. The molecule has 1 aromatic heterocycles. The third-order valence-corrected chi connectivity index (χ3v) is 2.76. The molecule has 2 heterocycles. The molecule has 0 spiro atoms. The summed E-state index contributed by atoms with van der Waals surface area (Å²) in [7, 11) is 0. The van der Waals surface area contributed by atoms with Crippen molar-refractivity contribution < 1.29 is 22.8 Å². The van der Waals surface area contributed by atoms with Crippen LogP contribution in [-0.2, 0) is 28.9 Å². The highest BCUT2D eigenvalue weighted by Crippen LogP contribution is 2.29. The van der Waals surface area contributed by atoms with E-state index in [-0.39, 0.29) is 37.7 Å². The van der Waals surface area contributed by atoms with Crippen LogP contribution in [0.3, 0.4) is 0 Å². The van der Waals surface area contributed by atoms with Crippen LogP contribution in [0.4, 0.5) is 13.2 Å². The fourth-order valence-electron chi connectivity index (χ4n) is 1.91. The van der Waals surface area contributed by atoms with Gasteiger partial charge in [0, 0.05) is 13.1 Å². The van der Waals surface area contributed by atoms with Crippen LogP contribution in [0.2, 0.25) is 0 Å². The number of ketones is 1. The van der Waals surface area contributed by atoms with Crippen LogP contribution in [0.25, 0.3) is 0 Å². The number of hydrogen-bond acceptors (Lipinski definition) is 4. The molecule has 0 bridgehead atoms. The third kappa shape index (κ3) is 2.74. The van der Waals surface area contributed by atoms with Gasteiger partial charge in [-0.3, -0.25) is 9.59 Å². The molecular weight excluding hydrogens is 265 g/mol. The molecule has 1 amide bonds. The largest absolute Gasteiger partial charge is 0.451 e. The molecule has 0 aliphatic carbocycles. The molecule has 104 valence electrons. The summed E-state index contributed by atoms with van der Waals surface area (Å²) < 4.78 is 38.7. The molecule has 0 saturated carbocycles. The summed E-state index contributed by atoms with van der Waals surface area (Å²) in [6, 6.07) is 0. The van der Waals surface area contributed by atoms with Crippen molar-refractivity contribution >= 4 is 11.7 Å². The number of carbonyl (C=O) groups excluding carboxylic acids is 2. The van der Waals surface area contributed by atoms with Crippen molar-refractivity contribution in [3.63, 3.8) is 0 Å². The van der Waals surface area contributed by atoms with Crippen LogP contribution < -0.4 is 0 Å². The van der Waals surface area contributed by atoms with Crippen LogP contribution in [0.5, 0.6) is 0 Å². The highest BCUT2D eigenvalue weighted by atomic mass is 19.4. The van der Waals surface area contributed by atoms with E-state index in [4.69, 9.17) is 0 Å². The lowest BCUT2D eigenvalue weighted by atomic mass is 10.2. The minimum absolute atomic E-state index is 0.0270. The fourth-order valence-corrected chi connectivity index (χ4v) is 1.91. The highest BCUT2D eigenvalue weighted by molar-refractivity contribution is 5.96. The standard InChI is InChI=1S/C10H11F3N4O2/c1-6(18)4-8(19)16-2-3-17-7(5-16)14-15-9(17)10(11,12)13/h2-5H2,1H3. The van der Waals surface area contributed by atoms with E-state index in [1.807, 2.05) is 0 Å². The first-order valence-electron chi connectivity index (χ1n) is 5.55. The number of amides is 1. The average Bonchev–Trinajstić information content (AvgIpc) is 2.69. The lowest BCUT2D eigenvalue weighted by Crippen LogP contribution is -2.39. The third-order valence-electron chi connectivity index (χ3n) is 2.76. The van der Waals surface area contributed by atoms with Gasteiger partial charge < -0.3 is 9.47 Å². The van der Waals surface area contributed by atoms with Crippen molar-refractivity contribution in [3.8, 4) is 0 Å². The van der Waals surface area contributed by atoms with Gasteiger partial charge in [-0.15, -0.1) is 10.2 Å². The number of aromatic nitrogens is 3. The molecule has 0 aromatic carbocycles. The van der Waals surface area contributed by atoms with Gasteiger partial charge in [-0.25, -0.2) is 0 Å². The Hall–Kier alpha value is -1.93. The van der Waals surface area contributed by atoms with Gasteiger partial charge in [0.15, 0.2) is 5.82 Å². The van der Waals surface area contributed by atoms with Gasteiger partial charge in [-0.1, -0.05) is 0 Å². The topological polar surface area (TPSA) is 68.1 Å². The summed E-state index contributed by atoms with van der Waals surface area (Å²) in [5, 5.41) is 6.56. The highest BCUT2D eigenvalue weighted by Gasteiger charge is 2.39. The fraction of sp³-hybridized carbons (Fsp3) is 0.600. The zero-order chi connectivity index (χ0) is 14.2. The van der Waals surface area contributed by atoms with Gasteiger partial charge in [0.1, 0.15) is 5.78 Å². The average molecular weight is 276 g/mol. The molecule has 0 radical (unpaired) electrons. The van der Waals surface area contributed by atoms with E-state index in [1.54, 1.807) is 0 Å². The van der Waals surface area contributed by atoms with Gasteiger partial charge in [0.2, 0.25) is 11.7 Å². The lowest BCUT2D eigenvalue weighted by molar-refractivity contribution is -0.148. The summed E-state index contributed by atoms with van der Waals surface area (Å²) in [5.41, 5.74) is 0. The number of nitrogens with zero attached hydrogens (tertiary/aromatic N) is 4. The first-order chi connectivity index (χ1) is 8.79. The summed E-state index contributed by atoms with van der Waals surface area (Å²) >= 11 is 0. The van der Waals surface area contributed by atoms with Crippen molar-refractivity contribution in [3.05, 3.63) is 11.6 Å². The maximum Gasteiger partial charge on any atom is 0.451 e. The van der Waals surface area contributed by atoms with E-state index in [1.165, 1.54) is 11.8 Å². The maximum atomic E-state index is 12.6. The van der Waals surface area contributed by atoms with Crippen molar-refractivity contribution in [2.24, 2.45) is 0 Å². The zero-order valence-electron chi connectivity index (χ0n) is 10.1. The second-order valence-electron chi connectivity index (χ2n) is 4.28. The van der Waals surface area contributed by atoms with Gasteiger partial charge in [-0.05, 0) is 6.92 Å². The predicted molar refractivity (Wildman–Crippen MR) is 55.7 cm³/mol. The number of alkyl halides is 3. The molecule has 0 fully saturated rings. The number of halogens is 3. The molecule has 6 nitrogen and oxygen atoms in total. The molecule has 2 rings (SSSR count). The Balaban J connectivity index is 2.16.